The summed E-state index contributed by atoms with van der Waals surface area (Å²) in [7, 11) is 0. The summed E-state index contributed by atoms with van der Waals surface area (Å²) in [5.41, 5.74) is 6.85. The summed E-state index contributed by atoms with van der Waals surface area (Å²) in [5.74, 6) is 0.996. The van der Waals surface area contributed by atoms with Gasteiger partial charge in [-0.2, -0.15) is 4.98 Å². The number of nitrogens with zero attached hydrogens (tertiary/aromatic N) is 3. The quantitative estimate of drug-likeness (QED) is 0.730. The number of anilines is 1. The van der Waals surface area contributed by atoms with Gasteiger partial charge in [-0.05, 0) is 13.8 Å². The Labute approximate surface area is 80.5 Å². The molecule has 0 aliphatic heterocycles. The van der Waals surface area contributed by atoms with Crippen LogP contribution in [0.2, 0.25) is 0 Å². The zero-order valence-corrected chi connectivity index (χ0v) is 8.03. The Kier molecular flexibility index (Phi) is 1.95. The van der Waals surface area contributed by atoms with Crippen molar-refractivity contribution >= 4 is 17.0 Å². The van der Waals surface area contributed by atoms with Crippen molar-refractivity contribution in [3.63, 3.8) is 0 Å². The van der Waals surface area contributed by atoms with Crippen LogP contribution < -0.4 is 10.5 Å². The van der Waals surface area contributed by atoms with E-state index in [1.807, 2.05) is 6.92 Å². The summed E-state index contributed by atoms with van der Waals surface area (Å²) in [5, 5.41) is 0. The van der Waals surface area contributed by atoms with E-state index in [1.54, 1.807) is 6.92 Å². The van der Waals surface area contributed by atoms with Crippen LogP contribution in [-0.4, -0.2) is 26.5 Å². The number of H-pyrrole nitrogens is 1. The lowest BCUT2D eigenvalue weighted by Crippen LogP contribution is -1.96. The minimum atomic E-state index is 0.394. The fourth-order valence-corrected chi connectivity index (χ4v) is 1.22. The van der Waals surface area contributed by atoms with Gasteiger partial charge in [0.25, 0.3) is 6.01 Å². The van der Waals surface area contributed by atoms with Gasteiger partial charge in [-0.25, -0.2) is 9.97 Å². The molecule has 2 rings (SSSR count). The average molecular weight is 193 g/mol. The second-order valence-corrected chi connectivity index (χ2v) is 2.83. The molecule has 3 N–H and O–H groups in total. The van der Waals surface area contributed by atoms with Crippen molar-refractivity contribution in [1.82, 2.24) is 19.9 Å². The molecule has 0 fully saturated rings. The molecule has 0 saturated carbocycles. The lowest BCUT2D eigenvalue weighted by Gasteiger charge is -1.94. The lowest BCUT2D eigenvalue weighted by atomic mass is 10.5. The van der Waals surface area contributed by atoms with Crippen LogP contribution in [0, 0.1) is 6.92 Å². The SMILES string of the molecule is CCOc1nc2nc(C)nc(N)c2[nH]1. The highest BCUT2D eigenvalue weighted by molar-refractivity contribution is 5.81. The van der Waals surface area contributed by atoms with Crippen LogP contribution in [0.1, 0.15) is 12.7 Å². The maximum absolute atomic E-state index is 5.69. The Morgan fingerprint density at radius 1 is 1.36 bits per heavy atom. The maximum Gasteiger partial charge on any atom is 0.296 e. The predicted molar refractivity (Wildman–Crippen MR) is 52.0 cm³/mol. The number of imidazole rings is 1. The monoisotopic (exact) mass is 193 g/mol. The number of fused-ring (bicyclic) bond motifs is 1. The Hall–Kier alpha value is -1.85. The molecular weight excluding hydrogens is 182 g/mol. The Balaban J connectivity index is 2.58. The van der Waals surface area contributed by atoms with E-state index < -0.39 is 0 Å². The summed E-state index contributed by atoms with van der Waals surface area (Å²) in [6, 6.07) is 0.425. The van der Waals surface area contributed by atoms with Gasteiger partial charge in [0.15, 0.2) is 11.5 Å². The molecule has 0 aliphatic carbocycles. The molecule has 2 aromatic rings. The number of ether oxygens (including phenoxy) is 1. The van der Waals surface area contributed by atoms with E-state index in [9.17, 15) is 0 Å². The summed E-state index contributed by atoms with van der Waals surface area (Å²) in [4.78, 5) is 15.2. The number of aryl methyl sites for hydroxylation is 1. The number of nitrogens with one attached hydrogen (secondary N) is 1. The van der Waals surface area contributed by atoms with Gasteiger partial charge in [0.1, 0.15) is 11.3 Å². The van der Waals surface area contributed by atoms with Crippen molar-refractivity contribution in [2.45, 2.75) is 13.8 Å². The van der Waals surface area contributed by atoms with Crippen molar-refractivity contribution < 1.29 is 4.74 Å². The summed E-state index contributed by atoms with van der Waals surface area (Å²) in [6.07, 6.45) is 0. The molecule has 2 heterocycles. The molecule has 0 unspecified atom stereocenters. The Bertz CT molecular complexity index is 464. The first-order valence-electron chi connectivity index (χ1n) is 4.33. The maximum atomic E-state index is 5.69. The van der Waals surface area contributed by atoms with E-state index in [4.69, 9.17) is 10.5 Å². The predicted octanol–water partition coefficient (Wildman–Crippen LogP) is 0.642. The van der Waals surface area contributed by atoms with Crippen molar-refractivity contribution in [2.24, 2.45) is 0 Å². The van der Waals surface area contributed by atoms with E-state index in [0.29, 0.717) is 35.4 Å². The first-order chi connectivity index (χ1) is 6.70. The third-order valence-corrected chi connectivity index (χ3v) is 1.75. The van der Waals surface area contributed by atoms with E-state index >= 15 is 0 Å². The molecule has 6 nitrogen and oxygen atoms in total. The molecule has 0 atom stereocenters. The minimum absolute atomic E-state index is 0.394. The summed E-state index contributed by atoms with van der Waals surface area (Å²) >= 11 is 0. The van der Waals surface area contributed by atoms with Crippen molar-refractivity contribution in [3.8, 4) is 6.01 Å². The van der Waals surface area contributed by atoms with Crippen LogP contribution in [0.5, 0.6) is 6.01 Å². The van der Waals surface area contributed by atoms with Crippen LogP contribution in [0.4, 0.5) is 5.82 Å². The highest BCUT2D eigenvalue weighted by Crippen LogP contribution is 2.18. The summed E-state index contributed by atoms with van der Waals surface area (Å²) < 4.78 is 5.20. The second-order valence-electron chi connectivity index (χ2n) is 2.83. The van der Waals surface area contributed by atoms with Crippen LogP contribution in [0.25, 0.3) is 11.2 Å². The van der Waals surface area contributed by atoms with Crippen molar-refractivity contribution in [3.05, 3.63) is 5.82 Å². The van der Waals surface area contributed by atoms with Gasteiger partial charge in [-0.1, -0.05) is 0 Å². The van der Waals surface area contributed by atoms with Gasteiger partial charge in [0, 0.05) is 0 Å². The lowest BCUT2D eigenvalue weighted by molar-refractivity contribution is 0.317. The smallest absolute Gasteiger partial charge is 0.296 e. The second kappa shape index (κ2) is 3.13. The molecule has 2 aromatic heterocycles. The zero-order valence-electron chi connectivity index (χ0n) is 8.03. The van der Waals surface area contributed by atoms with E-state index in [-0.39, 0.29) is 0 Å². The first-order valence-corrected chi connectivity index (χ1v) is 4.33. The fraction of sp³-hybridized carbons (Fsp3) is 0.375. The third-order valence-electron chi connectivity index (χ3n) is 1.75. The number of nitrogens with two attached hydrogens (primary N) is 1. The number of rotatable bonds is 2. The van der Waals surface area contributed by atoms with Gasteiger partial charge in [-0.15, -0.1) is 0 Å². The molecule has 14 heavy (non-hydrogen) atoms. The summed E-state index contributed by atoms with van der Waals surface area (Å²) in [6.45, 7) is 4.20. The molecule has 0 amide bonds. The van der Waals surface area contributed by atoms with Crippen LogP contribution in [-0.2, 0) is 0 Å². The topological polar surface area (TPSA) is 89.7 Å². The molecule has 0 saturated heterocycles. The van der Waals surface area contributed by atoms with Gasteiger partial charge >= 0.3 is 0 Å². The highest BCUT2D eigenvalue weighted by Gasteiger charge is 2.08. The Morgan fingerprint density at radius 2 is 2.14 bits per heavy atom. The van der Waals surface area contributed by atoms with Gasteiger partial charge < -0.3 is 15.5 Å². The zero-order chi connectivity index (χ0) is 10.1. The van der Waals surface area contributed by atoms with Gasteiger partial charge in [-0.3, -0.25) is 0 Å². The normalized spacial score (nSPS) is 10.7. The largest absolute Gasteiger partial charge is 0.465 e. The van der Waals surface area contributed by atoms with Crippen LogP contribution in [0.3, 0.4) is 0 Å². The molecule has 0 spiro atoms. The average Bonchev–Trinajstić information content (AvgIpc) is 2.48. The first kappa shape index (κ1) is 8.74. The van der Waals surface area contributed by atoms with Crippen LogP contribution >= 0.6 is 0 Å². The molecule has 74 valence electrons. The number of aromatic nitrogens is 4. The van der Waals surface area contributed by atoms with Crippen LogP contribution in [0.15, 0.2) is 0 Å². The minimum Gasteiger partial charge on any atom is -0.465 e. The molecule has 0 aliphatic rings. The number of nitrogen functional groups attached to an aromatic ring is 1. The fourth-order valence-electron chi connectivity index (χ4n) is 1.22. The highest BCUT2D eigenvalue weighted by atomic mass is 16.5. The van der Waals surface area contributed by atoms with E-state index in [1.165, 1.54) is 0 Å². The third kappa shape index (κ3) is 1.34. The van der Waals surface area contributed by atoms with E-state index in [2.05, 4.69) is 19.9 Å². The number of hydrogen-bond acceptors (Lipinski definition) is 5. The molecule has 0 radical (unpaired) electrons. The molecule has 0 bridgehead atoms. The molecule has 6 heteroatoms. The molecular formula is C8H11N5O. The van der Waals surface area contributed by atoms with Gasteiger partial charge in [0.05, 0.1) is 6.61 Å². The van der Waals surface area contributed by atoms with Crippen molar-refractivity contribution in [2.75, 3.05) is 12.3 Å². The standard InChI is InChI=1S/C8H11N5O/c1-3-14-8-12-5-6(9)10-4(2)11-7(5)13-8/h3H2,1-2H3,(H3,9,10,11,12,13). The number of hydrogen-bond donors (Lipinski definition) is 2. The number of aromatic amines is 1. The van der Waals surface area contributed by atoms with E-state index in [0.717, 1.165) is 0 Å². The van der Waals surface area contributed by atoms with Crippen molar-refractivity contribution in [1.29, 1.82) is 0 Å². The van der Waals surface area contributed by atoms with Gasteiger partial charge in [0.2, 0.25) is 0 Å². The molecule has 0 aromatic carbocycles. The Morgan fingerprint density at radius 3 is 2.86 bits per heavy atom.